The van der Waals surface area contributed by atoms with Crippen molar-refractivity contribution in [2.24, 2.45) is 0 Å². The lowest BCUT2D eigenvalue weighted by Crippen LogP contribution is -2.42. The molecule has 1 N–H and O–H groups in total. The largest absolute Gasteiger partial charge is 0.478 e. The number of carbonyl (C=O) groups excluding carboxylic acids is 2. The maximum absolute atomic E-state index is 12.8. The Morgan fingerprint density at radius 3 is 2.55 bits per heavy atom. The highest BCUT2D eigenvalue weighted by atomic mass is 35.5. The summed E-state index contributed by atoms with van der Waals surface area (Å²) in [6.07, 6.45) is 0.658. The number of nitrogens with one attached hydrogen (secondary N) is 1. The molecule has 0 aliphatic carbocycles. The molecule has 3 aromatic rings. The Labute approximate surface area is 189 Å². The number of hydrogen-bond acceptors (Lipinski definition) is 5. The summed E-state index contributed by atoms with van der Waals surface area (Å²) in [6.45, 7) is 4.49. The first kappa shape index (κ1) is 21.3. The number of hydrogen-bond donors (Lipinski definition) is 1. The molecule has 0 saturated heterocycles. The zero-order valence-electron chi connectivity index (χ0n) is 17.2. The molecule has 0 unspecified atom stereocenters. The molecular formula is C23H22ClN3O3S. The summed E-state index contributed by atoms with van der Waals surface area (Å²) < 4.78 is 5.84. The minimum absolute atomic E-state index is 0.00253. The number of rotatable bonds is 5. The van der Waals surface area contributed by atoms with E-state index in [1.165, 1.54) is 11.3 Å². The van der Waals surface area contributed by atoms with Crippen LogP contribution in [0.3, 0.4) is 0 Å². The third-order valence-electron chi connectivity index (χ3n) is 4.99. The third kappa shape index (κ3) is 4.89. The second kappa shape index (κ2) is 8.69. The van der Waals surface area contributed by atoms with Gasteiger partial charge < -0.3 is 9.64 Å². The monoisotopic (exact) mass is 455 g/mol. The predicted octanol–water partition coefficient (Wildman–Crippen LogP) is 4.79. The molecule has 2 aromatic carbocycles. The van der Waals surface area contributed by atoms with Gasteiger partial charge >= 0.3 is 0 Å². The van der Waals surface area contributed by atoms with E-state index in [1.807, 2.05) is 35.2 Å². The van der Waals surface area contributed by atoms with Crippen molar-refractivity contribution in [1.82, 2.24) is 9.88 Å². The Kier molecular flexibility index (Phi) is 5.98. The second-order valence-corrected chi connectivity index (χ2v) is 9.27. The van der Waals surface area contributed by atoms with Crippen molar-refractivity contribution < 1.29 is 14.3 Å². The van der Waals surface area contributed by atoms with Crippen LogP contribution >= 0.6 is 22.9 Å². The Morgan fingerprint density at radius 2 is 1.84 bits per heavy atom. The van der Waals surface area contributed by atoms with Gasteiger partial charge in [-0.25, -0.2) is 4.98 Å². The zero-order chi connectivity index (χ0) is 22.0. The molecular weight excluding hydrogens is 434 g/mol. The lowest BCUT2D eigenvalue weighted by Gasteiger charge is -2.26. The summed E-state index contributed by atoms with van der Waals surface area (Å²) in [6, 6.07) is 16.1. The van der Waals surface area contributed by atoms with Crippen molar-refractivity contribution in [2.45, 2.75) is 32.4 Å². The van der Waals surface area contributed by atoms with E-state index in [0.29, 0.717) is 41.0 Å². The SMILES string of the molecule is CC(C)(Oc1ccc(Cl)cc1)C(=O)Nc1nc2c(s1)CN(C(=O)c1ccccc1)CC2. The van der Waals surface area contributed by atoms with Gasteiger partial charge in [-0.05, 0) is 50.2 Å². The van der Waals surface area contributed by atoms with Gasteiger partial charge in [0.25, 0.3) is 11.8 Å². The number of benzene rings is 2. The molecule has 0 atom stereocenters. The summed E-state index contributed by atoms with van der Waals surface area (Å²) in [5.41, 5.74) is 0.494. The van der Waals surface area contributed by atoms with E-state index in [4.69, 9.17) is 16.3 Å². The summed E-state index contributed by atoms with van der Waals surface area (Å²) in [5.74, 6) is 0.256. The van der Waals surface area contributed by atoms with Crippen molar-refractivity contribution >= 4 is 39.9 Å². The van der Waals surface area contributed by atoms with Crippen LogP contribution in [0.1, 0.15) is 34.8 Å². The number of ether oxygens (including phenoxy) is 1. The number of carbonyl (C=O) groups is 2. The first-order valence-corrected chi connectivity index (χ1v) is 11.1. The molecule has 0 bridgehead atoms. The minimum Gasteiger partial charge on any atom is -0.478 e. The summed E-state index contributed by atoms with van der Waals surface area (Å²) in [7, 11) is 0. The fourth-order valence-electron chi connectivity index (χ4n) is 3.28. The first-order chi connectivity index (χ1) is 14.8. The number of thiazole rings is 1. The van der Waals surface area contributed by atoms with Crippen LogP contribution in [0.5, 0.6) is 5.75 Å². The Balaban J connectivity index is 1.42. The minimum atomic E-state index is -1.10. The molecule has 160 valence electrons. The summed E-state index contributed by atoms with van der Waals surface area (Å²) in [4.78, 5) is 32.9. The second-order valence-electron chi connectivity index (χ2n) is 7.75. The molecule has 4 rings (SSSR count). The number of fused-ring (bicyclic) bond motifs is 1. The number of nitrogens with zero attached hydrogens (tertiary/aromatic N) is 2. The molecule has 0 saturated carbocycles. The highest BCUT2D eigenvalue weighted by Gasteiger charge is 2.32. The van der Waals surface area contributed by atoms with Gasteiger partial charge in [-0.1, -0.05) is 41.1 Å². The maximum Gasteiger partial charge on any atom is 0.269 e. The Hall–Kier alpha value is -2.90. The van der Waals surface area contributed by atoms with E-state index < -0.39 is 5.60 Å². The van der Waals surface area contributed by atoms with Crippen LogP contribution in [0.2, 0.25) is 5.02 Å². The summed E-state index contributed by atoms with van der Waals surface area (Å²) >= 11 is 7.30. The van der Waals surface area contributed by atoms with Crippen LogP contribution in [-0.4, -0.2) is 33.8 Å². The topological polar surface area (TPSA) is 71.5 Å². The Morgan fingerprint density at radius 1 is 1.13 bits per heavy atom. The van der Waals surface area contributed by atoms with Crippen LogP contribution in [0.25, 0.3) is 0 Å². The van der Waals surface area contributed by atoms with E-state index in [-0.39, 0.29) is 11.8 Å². The maximum atomic E-state index is 12.8. The molecule has 0 radical (unpaired) electrons. The van der Waals surface area contributed by atoms with Gasteiger partial charge in [0.15, 0.2) is 10.7 Å². The molecule has 6 nitrogen and oxygen atoms in total. The molecule has 0 spiro atoms. The highest BCUT2D eigenvalue weighted by molar-refractivity contribution is 7.15. The van der Waals surface area contributed by atoms with E-state index in [9.17, 15) is 9.59 Å². The van der Waals surface area contributed by atoms with Crippen molar-refractivity contribution in [3.05, 3.63) is 75.8 Å². The van der Waals surface area contributed by atoms with Crippen LogP contribution in [0.4, 0.5) is 5.13 Å². The average molecular weight is 456 g/mol. The van der Waals surface area contributed by atoms with Crippen LogP contribution in [0, 0.1) is 0 Å². The van der Waals surface area contributed by atoms with E-state index in [1.54, 1.807) is 38.1 Å². The lowest BCUT2D eigenvalue weighted by atomic mass is 10.1. The first-order valence-electron chi connectivity index (χ1n) is 9.91. The van der Waals surface area contributed by atoms with Gasteiger partial charge in [0.2, 0.25) is 0 Å². The molecule has 2 amide bonds. The van der Waals surface area contributed by atoms with Crippen molar-refractivity contribution in [3.8, 4) is 5.75 Å². The quantitative estimate of drug-likeness (QED) is 0.600. The number of aromatic nitrogens is 1. The van der Waals surface area contributed by atoms with Crippen molar-refractivity contribution in [2.75, 3.05) is 11.9 Å². The van der Waals surface area contributed by atoms with Crippen LogP contribution in [0.15, 0.2) is 54.6 Å². The van der Waals surface area contributed by atoms with Crippen LogP contribution < -0.4 is 10.1 Å². The molecule has 8 heteroatoms. The number of halogens is 1. The van der Waals surface area contributed by atoms with E-state index >= 15 is 0 Å². The fourth-order valence-corrected chi connectivity index (χ4v) is 4.42. The average Bonchev–Trinajstić information content (AvgIpc) is 3.16. The van der Waals surface area contributed by atoms with Gasteiger partial charge in [-0.2, -0.15) is 0 Å². The summed E-state index contributed by atoms with van der Waals surface area (Å²) in [5, 5.41) is 3.97. The van der Waals surface area contributed by atoms with Crippen LogP contribution in [-0.2, 0) is 17.8 Å². The predicted molar refractivity (Wildman–Crippen MR) is 122 cm³/mol. The molecule has 1 aliphatic rings. The number of amides is 2. The lowest BCUT2D eigenvalue weighted by molar-refractivity contribution is -0.128. The highest BCUT2D eigenvalue weighted by Crippen LogP contribution is 2.30. The molecule has 31 heavy (non-hydrogen) atoms. The molecule has 1 aliphatic heterocycles. The molecule has 2 heterocycles. The van der Waals surface area contributed by atoms with E-state index in [0.717, 1.165) is 10.6 Å². The third-order valence-corrected chi connectivity index (χ3v) is 6.24. The van der Waals surface area contributed by atoms with Gasteiger partial charge in [-0.15, -0.1) is 0 Å². The molecule has 1 aromatic heterocycles. The smallest absolute Gasteiger partial charge is 0.269 e. The zero-order valence-corrected chi connectivity index (χ0v) is 18.8. The standard InChI is InChI=1S/C23H22ClN3O3S/c1-23(2,30-17-10-8-16(24)9-11-17)21(29)26-22-25-18-12-13-27(14-19(18)31-22)20(28)15-6-4-3-5-7-15/h3-11H,12-14H2,1-2H3,(H,25,26,29). The van der Waals surface area contributed by atoms with Gasteiger partial charge in [0.05, 0.1) is 12.2 Å². The normalized spacial score (nSPS) is 13.5. The van der Waals surface area contributed by atoms with Gasteiger partial charge in [0, 0.05) is 28.4 Å². The Bertz CT molecular complexity index is 1100. The van der Waals surface area contributed by atoms with Crippen molar-refractivity contribution in [3.63, 3.8) is 0 Å². The fraction of sp³-hybridized carbons (Fsp3) is 0.261. The van der Waals surface area contributed by atoms with Gasteiger partial charge in [-0.3, -0.25) is 14.9 Å². The van der Waals surface area contributed by atoms with Crippen molar-refractivity contribution in [1.29, 1.82) is 0 Å². The van der Waals surface area contributed by atoms with Gasteiger partial charge in [0.1, 0.15) is 5.75 Å². The molecule has 0 fully saturated rings. The number of anilines is 1. The van der Waals surface area contributed by atoms with E-state index in [2.05, 4.69) is 10.3 Å².